The van der Waals surface area contributed by atoms with Gasteiger partial charge in [0.1, 0.15) is 10.8 Å². The minimum atomic E-state index is -0.230. The molecule has 1 aliphatic rings. The van der Waals surface area contributed by atoms with E-state index in [1.165, 1.54) is 10.9 Å². The Morgan fingerprint density at radius 1 is 1.52 bits per heavy atom. The van der Waals surface area contributed by atoms with Crippen LogP contribution in [0.3, 0.4) is 0 Å². The Balaban J connectivity index is 1.51. The molecule has 1 fully saturated rings. The van der Waals surface area contributed by atoms with Crippen LogP contribution in [-0.2, 0) is 13.0 Å². The van der Waals surface area contributed by atoms with Crippen molar-refractivity contribution in [3.05, 3.63) is 51.7 Å². The number of aromatic nitrogens is 1. The van der Waals surface area contributed by atoms with Crippen molar-refractivity contribution in [1.29, 1.82) is 0 Å². The zero-order valence-electron chi connectivity index (χ0n) is 13.3. The number of hydrogen-bond donors (Lipinski definition) is 1. The fourth-order valence-electron chi connectivity index (χ4n) is 2.59. The lowest BCUT2D eigenvalue weighted by Gasteiger charge is -2.16. The molecule has 1 N–H and O–H groups in total. The molecule has 2 atom stereocenters. The Kier molecular flexibility index (Phi) is 4.61. The smallest absolute Gasteiger partial charge is 0.317 e. The molecule has 4 nitrogen and oxygen atoms in total. The lowest BCUT2D eigenvalue weighted by atomic mass is 10.1. The second kappa shape index (κ2) is 6.66. The fraction of sp³-hybridized carbons (Fsp3) is 0.412. The minimum Gasteiger partial charge on any atom is -0.335 e. The Bertz CT molecular complexity index is 703. The van der Waals surface area contributed by atoms with Gasteiger partial charge in [0.2, 0.25) is 0 Å². The number of carbonyl (C=O) groups excluding carboxylic acids is 1. The van der Waals surface area contributed by atoms with Crippen LogP contribution < -0.4 is 5.32 Å². The summed E-state index contributed by atoms with van der Waals surface area (Å²) in [5.41, 5.74) is 0.950. The average Bonchev–Trinajstić information content (AvgIpc) is 3.15. The molecule has 6 heteroatoms. The van der Waals surface area contributed by atoms with Crippen molar-refractivity contribution in [1.82, 2.24) is 15.2 Å². The normalized spacial score (nSPS) is 19.4. The second-order valence-electron chi connectivity index (χ2n) is 5.88. The topological polar surface area (TPSA) is 45.2 Å². The highest BCUT2D eigenvalue weighted by Crippen LogP contribution is 2.40. The molecule has 3 rings (SSSR count). The zero-order valence-corrected chi connectivity index (χ0v) is 14.1. The standard InChI is InChI=1S/C17H20FN3OS/c1-3-13-9-19-16(23-13)10-21(2)17(22)20-15-8-14(15)11-5-4-6-12(18)7-11/h4-7,9,14-15H,3,8,10H2,1-2H3,(H,20,22)/t14-,15-/m0/s1. The van der Waals surface area contributed by atoms with Crippen LogP contribution in [0.4, 0.5) is 9.18 Å². The number of halogens is 1. The highest BCUT2D eigenvalue weighted by atomic mass is 32.1. The van der Waals surface area contributed by atoms with Gasteiger partial charge in [-0.25, -0.2) is 14.2 Å². The van der Waals surface area contributed by atoms with E-state index in [0.717, 1.165) is 23.4 Å². The van der Waals surface area contributed by atoms with Crippen molar-refractivity contribution in [2.45, 2.75) is 38.3 Å². The number of nitrogens with zero attached hydrogens (tertiary/aromatic N) is 2. The predicted octanol–water partition coefficient (Wildman–Crippen LogP) is 3.54. The Labute approximate surface area is 139 Å². The molecule has 1 aliphatic carbocycles. The predicted molar refractivity (Wildman–Crippen MR) is 89.0 cm³/mol. The maximum absolute atomic E-state index is 13.2. The SMILES string of the molecule is CCc1cnc(CN(C)C(=O)N[C@H]2C[C@H]2c2cccc(F)c2)s1. The molecule has 1 aromatic carbocycles. The summed E-state index contributed by atoms with van der Waals surface area (Å²) in [5.74, 6) is -0.0123. The van der Waals surface area contributed by atoms with Gasteiger partial charge in [-0.1, -0.05) is 19.1 Å². The lowest BCUT2D eigenvalue weighted by molar-refractivity contribution is 0.206. The van der Waals surface area contributed by atoms with Gasteiger partial charge in [-0.2, -0.15) is 0 Å². The van der Waals surface area contributed by atoms with Crippen molar-refractivity contribution in [2.24, 2.45) is 0 Å². The van der Waals surface area contributed by atoms with Gasteiger partial charge < -0.3 is 10.2 Å². The number of nitrogens with one attached hydrogen (secondary N) is 1. The van der Waals surface area contributed by atoms with Gasteiger partial charge in [0.05, 0.1) is 6.54 Å². The summed E-state index contributed by atoms with van der Waals surface area (Å²) in [6.07, 6.45) is 3.69. The summed E-state index contributed by atoms with van der Waals surface area (Å²) >= 11 is 1.64. The van der Waals surface area contributed by atoms with Gasteiger partial charge in [-0.3, -0.25) is 0 Å². The Morgan fingerprint density at radius 3 is 3.04 bits per heavy atom. The number of thiazole rings is 1. The van der Waals surface area contributed by atoms with Crippen LogP contribution in [0.5, 0.6) is 0 Å². The van der Waals surface area contributed by atoms with Gasteiger partial charge in [-0.15, -0.1) is 11.3 Å². The number of benzene rings is 1. The summed E-state index contributed by atoms with van der Waals surface area (Å²) in [4.78, 5) is 19.4. The number of aryl methyl sites for hydroxylation is 1. The van der Waals surface area contributed by atoms with Crippen LogP contribution in [0.2, 0.25) is 0 Å². The maximum Gasteiger partial charge on any atom is 0.317 e. The third kappa shape index (κ3) is 3.88. The first-order chi connectivity index (χ1) is 11.1. The van der Waals surface area contributed by atoms with Gasteiger partial charge in [0.25, 0.3) is 0 Å². The van der Waals surface area contributed by atoms with Crippen molar-refractivity contribution in [3.63, 3.8) is 0 Å². The molecule has 122 valence electrons. The molecule has 0 bridgehead atoms. The molecule has 2 aromatic rings. The van der Waals surface area contributed by atoms with Crippen LogP contribution in [0.1, 0.15) is 34.7 Å². The highest BCUT2D eigenvalue weighted by Gasteiger charge is 2.40. The molecule has 1 heterocycles. The van der Waals surface area contributed by atoms with E-state index >= 15 is 0 Å². The average molecular weight is 333 g/mol. The van der Waals surface area contributed by atoms with Crippen molar-refractivity contribution in [3.8, 4) is 0 Å². The van der Waals surface area contributed by atoms with E-state index in [2.05, 4.69) is 17.2 Å². The quantitative estimate of drug-likeness (QED) is 0.909. The first kappa shape index (κ1) is 15.9. The second-order valence-corrected chi connectivity index (χ2v) is 7.08. The van der Waals surface area contributed by atoms with Crippen molar-refractivity contribution in [2.75, 3.05) is 7.05 Å². The number of carbonyl (C=O) groups is 1. The third-order valence-corrected chi connectivity index (χ3v) is 5.17. The van der Waals surface area contributed by atoms with Crippen LogP contribution >= 0.6 is 11.3 Å². The number of urea groups is 1. The van der Waals surface area contributed by atoms with Gasteiger partial charge in [-0.05, 0) is 30.5 Å². The monoisotopic (exact) mass is 333 g/mol. The molecule has 0 spiro atoms. The van der Waals surface area contributed by atoms with E-state index in [9.17, 15) is 9.18 Å². The number of rotatable bonds is 5. The molecular weight excluding hydrogens is 313 g/mol. The Hall–Kier alpha value is -1.95. The van der Waals surface area contributed by atoms with E-state index < -0.39 is 0 Å². The molecule has 0 unspecified atom stereocenters. The van der Waals surface area contributed by atoms with Crippen LogP contribution in [0, 0.1) is 5.82 Å². The zero-order chi connectivity index (χ0) is 16.4. The molecule has 1 saturated carbocycles. The first-order valence-electron chi connectivity index (χ1n) is 7.77. The molecule has 1 aromatic heterocycles. The number of amides is 2. The van der Waals surface area contributed by atoms with E-state index in [-0.39, 0.29) is 23.8 Å². The summed E-state index contributed by atoms with van der Waals surface area (Å²) in [6, 6.07) is 6.58. The summed E-state index contributed by atoms with van der Waals surface area (Å²) < 4.78 is 13.2. The van der Waals surface area contributed by atoms with Crippen molar-refractivity contribution < 1.29 is 9.18 Å². The summed E-state index contributed by atoms with van der Waals surface area (Å²) in [6.45, 7) is 2.60. The summed E-state index contributed by atoms with van der Waals surface area (Å²) in [5, 5.41) is 3.95. The minimum absolute atomic E-state index is 0.0919. The molecule has 2 amide bonds. The van der Waals surface area contributed by atoms with Gasteiger partial charge >= 0.3 is 6.03 Å². The maximum atomic E-state index is 13.2. The number of hydrogen-bond acceptors (Lipinski definition) is 3. The summed E-state index contributed by atoms with van der Waals surface area (Å²) in [7, 11) is 1.77. The van der Waals surface area contributed by atoms with E-state index in [1.54, 1.807) is 35.4 Å². The molecule has 0 aliphatic heterocycles. The molecule has 23 heavy (non-hydrogen) atoms. The van der Waals surface area contributed by atoms with Crippen LogP contribution in [0.15, 0.2) is 30.5 Å². The highest BCUT2D eigenvalue weighted by molar-refractivity contribution is 7.11. The van der Waals surface area contributed by atoms with Crippen LogP contribution in [-0.4, -0.2) is 29.0 Å². The third-order valence-electron chi connectivity index (χ3n) is 4.05. The van der Waals surface area contributed by atoms with Crippen molar-refractivity contribution >= 4 is 17.4 Å². The fourth-order valence-corrected chi connectivity index (χ4v) is 3.50. The van der Waals surface area contributed by atoms with E-state index in [1.807, 2.05) is 12.3 Å². The Morgan fingerprint density at radius 2 is 2.35 bits per heavy atom. The molecular formula is C17H20FN3OS. The van der Waals surface area contributed by atoms with Gasteiger partial charge in [0, 0.05) is 30.1 Å². The van der Waals surface area contributed by atoms with E-state index in [0.29, 0.717) is 6.54 Å². The van der Waals surface area contributed by atoms with Crippen LogP contribution in [0.25, 0.3) is 0 Å². The molecule has 0 saturated heterocycles. The first-order valence-corrected chi connectivity index (χ1v) is 8.59. The van der Waals surface area contributed by atoms with Gasteiger partial charge in [0.15, 0.2) is 0 Å². The molecule has 0 radical (unpaired) electrons. The lowest BCUT2D eigenvalue weighted by Crippen LogP contribution is -2.38. The van der Waals surface area contributed by atoms with E-state index in [4.69, 9.17) is 0 Å². The largest absolute Gasteiger partial charge is 0.335 e.